The third kappa shape index (κ3) is 6.88. The van der Waals surface area contributed by atoms with Crippen LogP contribution in [0.5, 0.6) is 5.75 Å². The molecule has 1 unspecified atom stereocenters. The van der Waals surface area contributed by atoms with Crippen LogP contribution in [-0.2, 0) is 14.3 Å². The molecule has 21 heavy (non-hydrogen) atoms. The van der Waals surface area contributed by atoms with E-state index in [1.54, 1.807) is 6.07 Å². The molecular formula is C16H21FO4. The fraction of sp³-hybridized carbons (Fsp3) is 0.500. The van der Waals surface area contributed by atoms with Gasteiger partial charge in [0, 0.05) is 0 Å². The number of para-hydroxylation sites is 1. The average Bonchev–Trinajstić information content (AvgIpc) is 2.47. The standard InChI is InChI=1S/C16H21FO4/c1-3-12(2)10-11-20-15(18)8-9-16(19)21-14-7-5-4-6-13(14)17/h4-7,12H,3,8-11H2,1-2H3. The lowest BCUT2D eigenvalue weighted by atomic mass is 10.1. The zero-order valence-electron chi connectivity index (χ0n) is 12.4. The molecule has 0 aliphatic rings. The van der Waals surface area contributed by atoms with E-state index in [0.717, 1.165) is 12.8 Å². The van der Waals surface area contributed by atoms with Gasteiger partial charge in [-0.3, -0.25) is 9.59 Å². The summed E-state index contributed by atoms with van der Waals surface area (Å²) in [4.78, 5) is 22.9. The van der Waals surface area contributed by atoms with Gasteiger partial charge in [-0.05, 0) is 24.5 Å². The summed E-state index contributed by atoms with van der Waals surface area (Å²) in [5, 5.41) is 0. The zero-order valence-corrected chi connectivity index (χ0v) is 12.4. The summed E-state index contributed by atoms with van der Waals surface area (Å²) < 4.78 is 23.1. The maximum absolute atomic E-state index is 13.3. The van der Waals surface area contributed by atoms with Crippen LogP contribution < -0.4 is 4.74 Å². The van der Waals surface area contributed by atoms with Gasteiger partial charge < -0.3 is 9.47 Å². The molecule has 0 saturated carbocycles. The van der Waals surface area contributed by atoms with Gasteiger partial charge in [0.15, 0.2) is 11.6 Å². The van der Waals surface area contributed by atoms with Gasteiger partial charge in [-0.2, -0.15) is 0 Å². The van der Waals surface area contributed by atoms with Crippen molar-refractivity contribution >= 4 is 11.9 Å². The Hall–Kier alpha value is -1.91. The minimum Gasteiger partial charge on any atom is -0.466 e. The highest BCUT2D eigenvalue weighted by atomic mass is 19.1. The molecule has 0 N–H and O–H groups in total. The zero-order chi connectivity index (χ0) is 15.7. The highest BCUT2D eigenvalue weighted by molar-refractivity contribution is 5.79. The van der Waals surface area contributed by atoms with Crippen molar-refractivity contribution in [3.05, 3.63) is 30.1 Å². The maximum atomic E-state index is 13.3. The van der Waals surface area contributed by atoms with Crippen LogP contribution in [0, 0.1) is 11.7 Å². The first-order chi connectivity index (χ1) is 10.0. The number of carbonyl (C=O) groups excluding carboxylic acids is 2. The Kier molecular flexibility index (Phi) is 7.43. The molecule has 5 heteroatoms. The molecule has 0 fully saturated rings. The third-order valence-electron chi connectivity index (χ3n) is 3.16. The lowest BCUT2D eigenvalue weighted by Crippen LogP contribution is -2.14. The number of halogens is 1. The molecule has 0 heterocycles. The van der Waals surface area contributed by atoms with Gasteiger partial charge in [0.25, 0.3) is 0 Å². The molecule has 1 atom stereocenters. The molecule has 0 bridgehead atoms. The Labute approximate surface area is 124 Å². The number of carbonyl (C=O) groups is 2. The molecule has 116 valence electrons. The lowest BCUT2D eigenvalue weighted by Gasteiger charge is -2.09. The average molecular weight is 296 g/mol. The van der Waals surface area contributed by atoms with Crippen LogP contribution in [0.4, 0.5) is 4.39 Å². The molecule has 0 amide bonds. The summed E-state index contributed by atoms with van der Waals surface area (Å²) in [7, 11) is 0. The Morgan fingerprint density at radius 3 is 2.52 bits per heavy atom. The summed E-state index contributed by atoms with van der Waals surface area (Å²) in [5.41, 5.74) is 0. The van der Waals surface area contributed by atoms with Crippen LogP contribution >= 0.6 is 0 Å². The maximum Gasteiger partial charge on any atom is 0.311 e. The molecule has 0 saturated heterocycles. The minimum atomic E-state index is -0.654. The number of benzene rings is 1. The number of esters is 2. The van der Waals surface area contributed by atoms with E-state index >= 15 is 0 Å². The predicted octanol–water partition coefficient (Wildman–Crippen LogP) is 3.49. The van der Waals surface area contributed by atoms with Crippen molar-refractivity contribution in [3.63, 3.8) is 0 Å². The van der Waals surface area contributed by atoms with Gasteiger partial charge in [-0.25, -0.2) is 4.39 Å². The normalized spacial score (nSPS) is 11.8. The number of hydrogen-bond donors (Lipinski definition) is 0. The largest absolute Gasteiger partial charge is 0.466 e. The van der Waals surface area contributed by atoms with Crippen molar-refractivity contribution < 1.29 is 23.5 Å². The first-order valence-electron chi connectivity index (χ1n) is 7.13. The molecule has 1 rings (SSSR count). The van der Waals surface area contributed by atoms with Crippen LogP contribution in [0.2, 0.25) is 0 Å². The monoisotopic (exact) mass is 296 g/mol. The topological polar surface area (TPSA) is 52.6 Å². The van der Waals surface area contributed by atoms with Crippen molar-refractivity contribution in [3.8, 4) is 5.75 Å². The molecule has 4 nitrogen and oxygen atoms in total. The van der Waals surface area contributed by atoms with E-state index in [2.05, 4.69) is 13.8 Å². The van der Waals surface area contributed by atoms with E-state index in [1.807, 2.05) is 0 Å². The summed E-state index contributed by atoms with van der Waals surface area (Å²) in [5.74, 6) is -1.33. The van der Waals surface area contributed by atoms with Crippen molar-refractivity contribution in [2.24, 2.45) is 5.92 Å². The van der Waals surface area contributed by atoms with Gasteiger partial charge in [0.2, 0.25) is 0 Å². The molecule has 1 aromatic rings. The third-order valence-corrected chi connectivity index (χ3v) is 3.16. The van der Waals surface area contributed by atoms with Crippen LogP contribution in [0.25, 0.3) is 0 Å². The minimum absolute atomic E-state index is 0.0617. The molecular weight excluding hydrogens is 275 g/mol. The molecule has 0 radical (unpaired) electrons. The number of ether oxygens (including phenoxy) is 2. The Morgan fingerprint density at radius 1 is 1.19 bits per heavy atom. The Morgan fingerprint density at radius 2 is 1.86 bits per heavy atom. The van der Waals surface area contributed by atoms with Gasteiger partial charge in [0.1, 0.15) is 0 Å². The molecule has 1 aromatic carbocycles. The fourth-order valence-corrected chi connectivity index (χ4v) is 1.56. The van der Waals surface area contributed by atoms with E-state index in [4.69, 9.17) is 9.47 Å². The van der Waals surface area contributed by atoms with Crippen LogP contribution in [-0.4, -0.2) is 18.5 Å². The summed E-state index contributed by atoms with van der Waals surface area (Å²) in [6.45, 7) is 4.51. The van der Waals surface area contributed by atoms with Crippen LogP contribution in [0.1, 0.15) is 39.5 Å². The van der Waals surface area contributed by atoms with Crippen LogP contribution in [0.15, 0.2) is 24.3 Å². The van der Waals surface area contributed by atoms with Gasteiger partial charge in [-0.1, -0.05) is 32.4 Å². The summed E-state index contributed by atoms with van der Waals surface area (Å²) >= 11 is 0. The Balaban J connectivity index is 2.24. The SMILES string of the molecule is CCC(C)CCOC(=O)CCC(=O)Oc1ccccc1F. The molecule has 0 spiro atoms. The predicted molar refractivity (Wildman–Crippen MR) is 76.3 cm³/mol. The second kappa shape index (κ2) is 9.10. The second-order valence-corrected chi connectivity index (χ2v) is 4.93. The number of rotatable bonds is 8. The van der Waals surface area contributed by atoms with Crippen molar-refractivity contribution in [1.82, 2.24) is 0 Å². The van der Waals surface area contributed by atoms with E-state index in [1.165, 1.54) is 18.2 Å². The molecule has 0 aliphatic carbocycles. The molecule has 0 aliphatic heterocycles. The van der Waals surface area contributed by atoms with Gasteiger partial charge in [0.05, 0.1) is 19.4 Å². The summed E-state index contributed by atoms with van der Waals surface area (Å²) in [6, 6.07) is 5.62. The van der Waals surface area contributed by atoms with Crippen molar-refractivity contribution in [1.29, 1.82) is 0 Å². The first-order valence-corrected chi connectivity index (χ1v) is 7.13. The van der Waals surface area contributed by atoms with Crippen molar-refractivity contribution in [2.75, 3.05) is 6.61 Å². The second-order valence-electron chi connectivity index (χ2n) is 4.93. The van der Waals surface area contributed by atoms with E-state index in [0.29, 0.717) is 12.5 Å². The van der Waals surface area contributed by atoms with Gasteiger partial charge >= 0.3 is 11.9 Å². The van der Waals surface area contributed by atoms with E-state index < -0.39 is 17.8 Å². The van der Waals surface area contributed by atoms with E-state index in [9.17, 15) is 14.0 Å². The van der Waals surface area contributed by atoms with Crippen molar-refractivity contribution in [2.45, 2.75) is 39.5 Å². The van der Waals surface area contributed by atoms with Crippen LogP contribution in [0.3, 0.4) is 0 Å². The van der Waals surface area contributed by atoms with E-state index in [-0.39, 0.29) is 18.6 Å². The van der Waals surface area contributed by atoms with Gasteiger partial charge in [-0.15, -0.1) is 0 Å². The molecule has 0 aromatic heterocycles. The lowest BCUT2D eigenvalue weighted by molar-refractivity contribution is -0.147. The smallest absolute Gasteiger partial charge is 0.311 e. The highest BCUT2D eigenvalue weighted by Crippen LogP contribution is 2.16. The number of hydrogen-bond acceptors (Lipinski definition) is 4. The fourth-order valence-electron chi connectivity index (χ4n) is 1.56. The first kappa shape index (κ1) is 17.1. The highest BCUT2D eigenvalue weighted by Gasteiger charge is 2.12. The quantitative estimate of drug-likeness (QED) is 0.544. The Bertz CT molecular complexity index is 473. The summed E-state index contributed by atoms with van der Waals surface area (Å²) in [6.07, 6.45) is 1.65.